The minimum absolute atomic E-state index is 0.111. The van der Waals surface area contributed by atoms with Crippen molar-refractivity contribution in [3.05, 3.63) is 75.8 Å². The van der Waals surface area contributed by atoms with E-state index >= 15 is 0 Å². The molecule has 2 N–H and O–H groups in total. The van der Waals surface area contributed by atoms with Crippen LogP contribution in [0.25, 0.3) is 16.8 Å². The van der Waals surface area contributed by atoms with Gasteiger partial charge >= 0.3 is 6.18 Å². The van der Waals surface area contributed by atoms with Gasteiger partial charge in [-0.1, -0.05) is 30.1 Å². The number of ether oxygens (including phenoxy) is 2. The predicted molar refractivity (Wildman–Crippen MR) is 140 cm³/mol. The molecule has 6 atom stereocenters. The van der Waals surface area contributed by atoms with E-state index in [1.165, 1.54) is 29.2 Å². The normalized spacial score (nSPS) is 25.7. The van der Waals surface area contributed by atoms with Gasteiger partial charge in [-0.25, -0.2) is 23.4 Å². The number of aliphatic hydroxyl groups is 2. The summed E-state index contributed by atoms with van der Waals surface area (Å²) < 4.78 is 84.6. The van der Waals surface area contributed by atoms with Crippen molar-refractivity contribution in [2.24, 2.45) is 0 Å². The maximum atomic E-state index is 14.7. The Morgan fingerprint density at radius 3 is 2.58 bits per heavy atom. The Morgan fingerprint density at radius 1 is 1.09 bits per heavy atom. The molecule has 0 aliphatic carbocycles. The van der Waals surface area contributed by atoms with Gasteiger partial charge in [0.25, 0.3) is 0 Å². The number of hydrogen-bond donors (Lipinski definition) is 2. The van der Waals surface area contributed by atoms with Crippen LogP contribution in [-0.4, -0.2) is 70.8 Å². The number of aliphatic hydroxyl groups excluding tert-OH is 2. The summed E-state index contributed by atoms with van der Waals surface area (Å²) in [6.07, 6.45) is -7.58. The van der Waals surface area contributed by atoms with Crippen LogP contribution in [0.1, 0.15) is 36.4 Å². The highest BCUT2D eigenvalue weighted by Crippen LogP contribution is 2.44. The standard InChI is InChI=1S/C26H21Cl2F5N6O4/c1-2-16-36-25(39(37-16)14-5-11(27)7-34-24(14)26(31,32)33)23-20(41)19(22-21(43-23)15(40)9-42-22)38-8-10(6-35-38)12-3-4-13(28)18(30)17(12)29/h3-8,15,19-23,40-41H,2,9H2,1H3/t15?,19?,20-,21?,22+,23+/m0/s1. The number of alkyl halides is 3. The van der Waals surface area contributed by atoms with E-state index in [9.17, 15) is 32.2 Å². The van der Waals surface area contributed by atoms with Crippen molar-refractivity contribution >= 4 is 23.2 Å². The van der Waals surface area contributed by atoms with Crippen LogP contribution in [0.2, 0.25) is 10.0 Å². The van der Waals surface area contributed by atoms with Crippen LogP contribution in [0.4, 0.5) is 22.0 Å². The van der Waals surface area contributed by atoms with Gasteiger partial charge < -0.3 is 19.7 Å². The lowest BCUT2D eigenvalue weighted by Gasteiger charge is -2.41. The fraction of sp³-hybridized carbons (Fsp3) is 0.385. The first-order valence-electron chi connectivity index (χ1n) is 12.9. The Kier molecular flexibility index (Phi) is 7.67. The molecule has 2 aliphatic heterocycles. The molecule has 0 amide bonds. The van der Waals surface area contributed by atoms with Crippen LogP contribution in [0, 0.1) is 11.6 Å². The molecule has 2 fully saturated rings. The van der Waals surface area contributed by atoms with Crippen LogP contribution in [0.3, 0.4) is 0 Å². The number of halogens is 7. The fourth-order valence-electron chi connectivity index (χ4n) is 5.30. The first kappa shape index (κ1) is 29.8. The molecule has 3 aromatic heterocycles. The van der Waals surface area contributed by atoms with Gasteiger partial charge in [0.1, 0.15) is 36.6 Å². The number of aromatic nitrogens is 6. The van der Waals surface area contributed by atoms with Crippen molar-refractivity contribution in [2.45, 2.75) is 56.1 Å². The highest BCUT2D eigenvalue weighted by molar-refractivity contribution is 6.31. The van der Waals surface area contributed by atoms with Gasteiger partial charge in [-0.3, -0.25) is 4.68 Å². The molecular formula is C26H21Cl2F5N6O4. The van der Waals surface area contributed by atoms with Crippen LogP contribution in [-0.2, 0) is 22.1 Å². The average Bonchev–Trinajstić information content (AvgIpc) is 3.70. The Morgan fingerprint density at radius 2 is 1.86 bits per heavy atom. The molecule has 5 heterocycles. The number of nitrogens with zero attached hydrogens (tertiary/aromatic N) is 6. The molecule has 0 radical (unpaired) electrons. The molecule has 6 rings (SSSR count). The van der Waals surface area contributed by atoms with E-state index in [1.807, 2.05) is 0 Å². The third-order valence-electron chi connectivity index (χ3n) is 7.29. The van der Waals surface area contributed by atoms with Crippen molar-refractivity contribution in [1.29, 1.82) is 0 Å². The van der Waals surface area contributed by atoms with E-state index in [4.69, 9.17) is 32.7 Å². The lowest BCUT2D eigenvalue weighted by atomic mass is 9.91. The van der Waals surface area contributed by atoms with Crippen LogP contribution >= 0.6 is 23.2 Å². The van der Waals surface area contributed by atoms with Crippen molar-refractivity contribution in [3.8, 4) is 16.8 Å². The molecule has 0 spiro atoms. The summed E-state index contributed by atoms with van der Waals surface area (Å²) in [6, 6.07) is 2.33. The number of aryl methyl sites for hydroxylation is 1. The number of hydrogen-bond acceptors (Lipinski definition) is 8. The quantitative estimate of drug-likeness (QED) is 0.240. The van der Waals surface area contributed by atoms with Gasteiger partial charge in [0.15, 0.2) is 29.0 Å². The second-order valence-electron chi connectivity index (χ2n) is 9.97. The maximum absolute atomic E-state index is 14.7. The molecule has 0 bridgehead atoms. The van der Waals surface area contributed by atoms with E-state index < -0.39 is 70.8 Å². The molecule has 0 saturated carbocycles. The number of benzene rings is 1. The fourth-order valence-corrected chi connectivity index (χ4v) is 5.60. The lowest BCUT2D eigenvalue weighted by Crippen LogP contribution is -2.52. The Labute approximate surface area is 249 Å². The van der Waals surface area contributed by atoms with E-state index in [1.54, 1.807) is 6.92 Å². The van der Waals surface area contributed by atoms with Gasteiger partial charge in [0, 0.05) is 29.9 Å². The van der Waals surface area contributed by atoms with Gasteiger partial charge in [-0.2, -0.15) is 23.4 Å². The van der Waals surface area contributed by atoms with E-state index in [0.29, 0.717) is 0 Å². The minimum atomic E-state index is -4.90. The monoisotopic (exact) mass is 646 g/mol. The highest BCUT2D eigenvalue weighted by Gasteiger charge is 2.55. The molecule has 10 nitrogen and oxygen atoms in total. The summed E-state index contributed by atoms with van der Waals surface area (Å²) in [4.78, 5) is 7.81. The Hall–Kier alpha value is -3.21. The van der Waals surface area contributed by atoms with Crippen LogP contribution < -0.4 is 0 Å². The molecule has 17 heteroatoms. The molecule has 1 aromatic carbocycles. The van der Waals surface area contributed by atoms with Gasteiger partial charge in [0.05, 0.1) is 28.5 Å². The minimum Gasteiger partial charge on any atom is -0.388 e. The zero-order valence-corrected chi connectivity index (χ0v) is 23.4. The number of fused-ring (bicyclic) bond motifs is 1. The SMILES string of the molecule is CCc1nc([C@@H]2OC3C(O)CO[C@@H]3C(n3cc(-c4ccc(Cl)c(F)c4F)cn3)[C@@H]2O)n(-c2cc(Cl)cnc2C(F)(F)F)n1. The summed E-state index contributed by atoms with van der Waals surface area (Å²) >= 11 is 11.7. The summed E-state index contributed by atoms with van der Waals surface area (Å²) in [7, 11) is 0. The number of rotatable bonds is 5. The predicted octanol–water partition coefficient (Wildman–Crippen LogP) is 4.49. The summed E-state index contributed by atoms with van der Waals surface area (Å²) in [6.45, 7) is 1.50. The molecule has 2 saturated heterocycles. The van der Waals surface area contributed by atoms with Crippen molar-refractivity contribution < 1.29 is 41.6 Å². The van der Waals surface area contributed by atoms with Crippen molar-refractivity contribution in [3.63, 3.8) is 0 Å². The van der Waals surface area contributed by atoms with E-state index in [0.717, 1.165) is 16.9 Å². The Bertz CT molecular complexity index is 1680. The van der Waals surface area contributed by atoms with Gasteiger partial charge in [-0.05, 0) is 18.2 Å². The largest absolute Gasteiger partial charge is 0.435 e. The Balaban J connectivity index is 1.45. The third-order valence-corrected chi connectivity index (χ3v) is 7.79. The lowest BCUT2D eigenvalue weighted by molar-refractivity contribution is -0.196. The molecule has 4 aromatic rings. The summed E-state index contributed by atoms with van der Waals surface area (Å²) in [5.41, 5.74) is -1.88. The summed E-state index contributed by atoms with van der Waals surface area (Å²) in [5, 5.41) is 30.3. The molecule has 2 aliphatic rings. The second kappa shape index (κ2) is 11.1. The third kappa shape index (κ3) is 5.17. The molecule has 3 unspecified atom stereocenters. The van der Waals surface area contributed by atoms with Crippen LogP contribution in [0.15, 0.2) is 36.8 Å². The first-order valence-corrected chi connectivity index (χ1v) is 13.6. The van der Waals surface area contributed by atoms with E-state index in [-0.39, 0.29) is 40.8 Å². The molecule has 43 heavy (non-hydrogen) atoms. The van der Waals surface area contributed by atoms with E-state index in [2.05, 4.69) is 20.2 Å². The topological polar surface area (TPSA) is 120 Å². The average molecular weight is 647 g/mol. The summed E-state index contributed by atoms with van der Waals surface area (Å²) in [5.74, 6) is -2.55. The molecule has 228 valence electrons. The zero-order valence-electron chi connectivity index (χ0n) is 21.9. The highest BCUT2D eigenvalue weighted by atomic mass is 35.5. The van der Waals surface area contributed by atoms with Gasteiger partial charge in [-0.15, -0.1) is 0 Å². The van der Waals surface area contributed by atoms with Crippen molar-refractivity contribution in [2.75, 3.05) is 6.61 Å². The van der Waals surface area contributed by atoms with Gasteiger partial charge in [0.2, 0.25) is 0 Å². The molecular weight excluding hydrogens is 626 g/mol. The number of pyridine rings is 1. The smallest absolute Gasteiger partial charge is 0.388 e. The maximum Gasteiger partial charge on any atom is 0.435 e. The zero-order chi connectivity index (χ0) is 30.8. The van der Waals surface area contributed by atoms with Crippen molar-refractivity contribution in [1.82, 2.24) is 29.5 Å². The first-order chi connectivity index (χ1) is 20.4. The van der Waals surface area contributed by atoms with Crippen LogP contribution in [0.5, 0.6) is 0 Å². The second-order valence-corrected chi connectivity index (χ2v) is 10.8.